The molecule has 1 unspecified atom stereocenters. The molecule has 76 valence electrons. The lowest BCUT2D eigenvalue weighted by Gasteiger charge is -2.09. The first-order valence-electron chi connectivity index (χ1n) is 4.23. The number of hydrazine groups is 1. The maximum absolute atomic E-state index is 12.8. The highest BCUT2D eigenvalue weighted by Gasteiger charge is 2.02. The minimum absolute atomic E-state index is 0.0447. The summed E-state index contributed by atoms with van der Waals surface area (Å²) in [4.78, 5) is 0.895. The van der Waals surface area contributed by atoms with Gasteiger partial charge in [0.1, 0.15) is 5.82 Å². The Kier molecular flexibility index (Phi) is 4.65. The van der Waals surface area contributed by atoms with Crippen LogP contribution in [-0.2, 0) is 0 Å². The van der Waals surface area contributed by atoms with Gasteiger partial charge in [0.2, 0.25) is 0 Å². The second kappa shape index (κ2) is 5.80. The third-order valence-electron chi connectivity index (χ3n) is 1.72. The number of nitrogens with two attached hydrogens (primary N) is 1. The lowest BCUT2D eigenvalue weighted by atomic mass is 10.3. The smallest absolute Gasteiger partial charge is 0.124 e. The molecule has 2 nitrogen and oxygen atoms in total. The Balaban J connectivity index is 2.48. The van der Waals surface area contributed by atoms with Gasteiger partial charge in [-0.2, -0.15) is 0 Å². The van der Waals surface area contributed by atoms with Crippen molar-refractivity contribution in [3.63, 3.8) is 0 Å². The molecule has 0 bridgehead atoms. The number of halogens is 1. The Labute approximate surface area is 87.4 Å². The Morgan fingerprint density at radius 2 is 2.43 bits per heavy atom. The van der Waals surface area contributed by atoms with Gasteiger partial charge in [0, 0.05) is 16.7 Å². The molecule has 0 spiro atoms. The Bertz CT molecular complexity index is 304. The minimum Gasteiger partial charge on any atom is -0.271 e. The van der Waals surface area contributed by atoms with Crippen molar-refractivity contribution < 1.29 is 4.39 Å². The highest BCUT2D eigenvalue weighted by molar-refractivity contribution is 7.99. The van der Waals surface area contributed by atoms with Crippen molar-refractivity contribution in [2.75, 3.05) is 5.75 Å². The molecule has 0 aliphatic carbocycles. The zero-order chi connectivity index (χ0) is 10.4. The molecular formula is C10H13FN2S. The van der Waals surface area contributed by atoms with Crippen molar-refractivity contribution in [3.05, 3.63) is 42.7 Å². The number of nitrogens with one attached hydrogen (secondary N) is 1. The molecule has 1 aromatic carbocycles. The van der Waals surface area contributed by atoms with Crippen LogP contribution in [0.5, 0.6) is 0 Å². The lowest BCUT2D eigenvalue weighted by molar-refractivity contribution is 0.624. The Morgan fingerprint density at radius 1 is 1.64 bits per heavy atom. The molecular weight excluding hydrogens is 199 g/mol. The molecule has 1 rings (SSSR count). The standard InChI is InChI=1S/C10H13FN2S/c1-2-9(13-12)7-14-10-5-3-4-8(11)6-10/h2-6,9,13H,1,7,12H2. The SMILES string of the molecule is C=CC(CSc1cccc(F)c1)NN. The molecule has 1 atom stereocenters. The van der Waals surface area contributed by atoms with Crippen LogP contribution >= 0.6 is 11.8 Å². The zero-order valence-corrected chi connectivity index (χ0v) is 8.56. The molecule has 0 saturated heterocycles. The van der Waals surface area contributed by atoms with Crippen LogP contribution in [0.15, 0.2) is 41.8 Å². The summed E-state index contributed by atoms with van der Waals surface area (Å²) in [5, 5.41) is 0. The average Bonchev–Trinajstić information content (AvgIpc) is 2.19. The van der Waals surface area contributed by atoms with E-state index in [0.717, 1.165) is 10.6 Å². The predicted octanol–water partition coefficient (Wildman–Crippen LogP) is 1.94. The second-order valence-electron chi connectivity index (χ2n) is 2.78. The molecule has 0 saturated carbocycles. The van der Waals surface area contributed by atoms with Crippen LogP contribution in [0.3, 0.4) is 0 Å². The summed E-state index contributed by atoms with van der Waals surface area (Å²) in [6, 6.07) is 6.53. The summed E-state index contributed by atoms with van der Waals surface area (Å²) in [5.74, 6) is 5.79. The summed E-state index contributed by atoms with van der Waals surface area (Å²) in [5.41, 5.74) is 2.60. The molecule has 1 aromatic rings. The van der Waals surface area contributed by atoms with Crippen molar-refractivity contribution in [1.82, 2.24) is 5.43 Å². The van der Waals surface area contributed by atoms with Crippen LogP contribution in [-0.4, -0.2) is 11.8 Å². The molecule has 0 aromatic heterocycles. The maximum Gasteiger partial charge on any atom is 0.124 e. The molecule has 4 heteroatoms. The van der Waals surface area contributed by atoms with Crippen molar-refractivity contribution in [2.45, 2.75) is 10.9 Å². The molecule has 0 heterocycles. The first-order valence-corrected chi connectivity index (χ1v) is 5.22. The zero-order valence-electron chi connectivity index (χ0n) is 7.74. The summed E-state index contributed by atoms with van der Waals surface area (Å²) >= 11 is 1.54. The van der Waals surface area contributed by atoms with E-state index in [-0.39, 0.29) is 11.9 Å². The fraction of sp³-hybridized carbons (Fsp3) is 0.200. The quantitative estimate of drug-likeness (QED) is 0.339. The maximum atomic E-state index is 12.8. The van der Waals surface area contributed by atoms with E-state index in [2.05, 4.69) is 12.0 Å². The molecule has 0 amide bonds. The van der Waals surface area contributed by atoms with Gasteiger partial charge in [-0.15, -0.1) is 18.3 Å². The monoisotopic (exact) mass is 212 g/mol. The van der Waals surface area contributed by atoms with E-state index < -0.39 is 0 Å². The van der Waals surface area contributed by atoms with E-state index in [4.69, 9.17) is 5.84 Å². The molecule has 0 radical (unpaired) electrons. The van der Waals surface area contributed by atoms with Gasteiger partial charge in [0.25, 0.3) is 0 Å². The van der Waals surface area contributed by atoms with Gasteiger partial charge < -0.3 is 0 Å². The Hall–Kier alpha value is -0.840. The van der Waals surface area contributed by atoms with E-state index in [1.165, 1.54) is 23.9 Å². The predicted molar refractivity (Wildman–Crippen MR) is 58.4 cm³/mol. The van der Waals surface area contributed by atoms with E-state index in [1.807, 2.05) is 6.07 Å². The van der Waals surface area contributed by atoms with Gasteiger partial charge in [0.05, 0.1) is 0 Å². The van der Waals surface area contributed by atoms with Gasteiger partial charge >= 0.3 is 0 Å². The van der Waals surface area contributed by atoms with Crippen LogP contribution in [0, 0.1) is 5.82 Å². The number of hydrogen-bond acceptors (Lipinski definition) is 3. The van der Waals surface area contributed by atoms with Crippen molar-refractivity contribution in [1.29, 1.82) is 0 Å². The Morgan fingerprint density at radius 3 is 3.00 bits per heavy atom. The van der Waals surface area contributed by atoms with Crippen LogP contribution < -0.4 is 11.3 Å². The van der Waals surface area contributed by atoms with Crippen LogP contribution in [0.25, 0.3) is 0 Å². The first kappa shape index (κ1) is 11.2. The number of benzene rings is 1. The van der Waals surface area contributed by atoms with Crippen molar-refractivity contribution in [2.24, 2.45) is 5.84 Å². The van der Waals surface area contributed by atoms with Crippen LogP contribution in [0.4, 0.5) is 4.39 Å². The number of rotatable bonds is 5. The summed E-state index contributed by atoms with van der Waals surface area (Å²) < 4.78 is 12.8. The summed E-state index contributed by atoms with van der Waals surface area (Å²) in [7, 11) is 0. The number of hydrogen-bond donors (Lipinski definition) is 2. The normalized spacial score (nSPS) is 12.4. The fourth-order valence-corrected chi connectivity index (χ4v) is 1.90. The highest BCUT2D eigenvalue weighted by Crippen LogP contribution is 2.19. The van der Waals surface area contributed by atoms with Gasteiger partial charge in [0.15, 0.2) is 0 Å². The minimum atomic E-state index is -0.217. The van der Waals surface area contributed by atoms with Crippen molar-refractivity contribution >= 4 is 11.8 Å². The third-order valence-corrected chi connectivity index (χ3v) is 2.84. The van der Waals surface area contributed by atoms with Crippen LogP contribution in [0.2, 0.25) is 0 Å². The lowest BCUT2D eigenvalue weighted by Crippen LogP contribution is -2.35. The van der Waals surface area contributed by atoms with Crippen LogP contribution in [0.1, 0.15) is 0 Å². The topological polar surface area (TPSA) is 38.0 Å². The van der Waals surface area contributed by atoms with Gasteiger partial charge in [-0.1, -0.05) is 12.1 Å². The fourth-order valence-electron chi connectivity index (χ4n) is 0.927. The number of thioether (sulfide) groups is 1. The second-order valence-corrected chi connectivity index (χ2v) is 3.87. The largest absolute Gasteiger partial charge is 0.271 e. The molecule has 0 aliphatic heterocycles. The van der Waals surface area contributed by atoms with Gasteiger partial charge in [-0.3, -0.25) is 11.3 Å². The van der Waals surface area contributed by atoms with E-state index in [9.17, 15) is 4.39 Å². The van der Waals surface area contributed by atoms with E-state index in [0.29, 0.717) is 0 Å². The molecule has 3 N–H and O–H groups in total. The van der Waals surface area contributed by atoms with Crippen molar-refractivity contribution in [3.8, 4) is 0 Å². The van der Waals surface area contributed by atoms with E-state index >= 15 is 0 Å². The molecule has 0 fully saturated rings. The molecule has 14 heavy (non-hydrogen) atoms. The summed E-state index contributed by atoms with van der Waals surface area (Å²) in [6.45, 7) is 3.63. The molecule has 0 aliphatic rings. The first-order chi connectivity index (χ1) is 6.76. The third kappa shape index (κ3) is 3.49. The van der Waals surface area contributed by atoms with Gasteiger partial charge in [-0.05, 0) is 18.2 Å². The summed E-state index contributed by atoms with van der Waals surface area (Å²) in [6.07, 6.45) is 1.73. The average molecular weight is 212 g/mol. The van der Waals surface area contributed by atoms with E-state index in [1.54, 1.807) is 12.1 Å². The van der Waals surface area contributed by atoms with Gasteiger partial charge in [-0.25, -0.2) is 4.39 Å². The highest BCUT2D eigenvalue weighted by atomic mass is 32.2.